The van der Waals surface area contributed by atoms with E-state index in [1.807, 2.05) is 0 Å². The van der Waals surface area contributed by atoms with E-state index >= 15 is 0 Å². The topological polar surface area (TPSA) is 63.1 Å². The van der Waals surface area contributed by atoms with Gasteiger partial charge in [-0.3, -0.25) is 9.69 Å². The number of aromatic nitrogens is 3. The smallest absolute Gasteiger partial charge is 0.217 e. The van der Waals surface area contributed by atoms with Crippen molar-refractivity contribution in [3.63, 3.8) is 0 Å². The summed E-state index contributed by atoms with van der Waals surface area (Å²) in [5.41, 5.74) is 1.30. The average Bonchev–Trinajstić information content (AvgIpc) is 3.14. The monoisotopic (exact) mass is 463 g/mol. The van der Waals surface area contributed by atoms with Gasteiger partial charge in [-0.15, -0.1) is 5.10 Å². The summed E-state index contributed by atoms with van der Waals surface area (Å²) >= 11 is 5.89. The first-order valence-electron chi connectivity index (χ1n) is 10.2. The number of nitrogens with zero attached hydrogens (tertiary/aromatic N) is 4. The summed E-state index contributed by atoms with van der Waals surface area (Å²) in [5.74, 6) is -2.07. The molecule has 1 aromatic heterocycles. The summed E-state index contributed by atoms with van der Waals surface area (Å²) in [6, 6.07) is 7.45. The maximum atomic E-state index is 14.6. The maximum Gasteiger partial charge on any atom is 0.217 e. The molecule has 1 aliphatic rings. The molecule has 0 unspecified atom stereocenters. The van der Waals surface area contributed by atoms with E-state index in [0.29, 0.717) is 31.0 Å². The van der Waals surface area contributed by atoms with Crippen molar-refractivity contribution in [1.82, 2.24) is 25.2 Å². The number of carbonyl (C=O) groups is 1. The van der Waals surface area contributed by atoms with Gasteiger partial charge in [-0.2, -0.15) is 9.90 Å². The van der Waals surface area contributed by atoms with Crippen molar-refractivity contribution in [2.45, 2.75) is 32.4 Å². The molecule has 2 heterocycles. The van der Waals surface area contributed by atoms with Crippen molar-refractivity contribution in [3.8, 4) is 16.9 Å². The third-order valence-corrected chi connectivity index (χ3v) is 5.66. The van der Waals surface area contributed by atoms with Crippen molar-refractivity contribution < 1.29 is 18.0 Å². The second kappa shape index (κ2) is 9.30. The summed E-state index contributed by atoms with van der Waals surface area (Å²) in [6.07, 6.45) is 1.56. The SMILES string of the molecule is CC(=O)NC1CCN(Cc2nn(-c3ccc(F)c(Cl)c3)nc2-c2ccc(F)cc2F)CC1. The van der Waals surface area contributed by atoms with Gasteiger partial charge in [0, 0.05) is 44.2 Å². The van der Waals surface area contributed by atoms with E-state index in [1.165, 1.54) is 36.0 Å². The molecule has 0 aliphatic carbocycles. The molecule has 2 aromatic carbocycles. The summed E-state index contributed by atoms with van der Waals surface area (Å²) in [6.45, 7) is 3.31. The molecule has 3 aromatic rings. The molecule has 6 nitrogen and oxygen atoms in total. The molecule has 1 aliphatic heterocycles. The van der Waals surface area contributed by atoms with Gasteiger partial charge in [0.2, 0.25) is 5.91 Å². The highest BCUT2D eigenvalue weighted by molar-refractivity contribution is 6.30. The van der Waals surface area contributed by atoms with Gasteiger partial charge >= 0.3 is 0 Å². The fourth-order valence-electron chi connectivity index (χ4n) is 3.79. The normalized spacial score (nSPS) is 15.2. The largest absolute Gasteiger partial charge is 0.354 e. The van der Waals surface area contributed by atoms with Gasteiger partial charge in [0.15, 0.2) is 0 Å². The van der Waals surface area contributed by atoms with Crippen LogP contribution in [0.25, 0.3) is 16.9 Å². The molecule has 168 valence electrons. The molecule has 4 rings (SSSR count). The van der Waals surface area contributed by atoms with Crippen LogP contribution in [-0.4, -0.2) is 44.9 Å². The van der Waals surface area contributed by atoms with Gasteiger partial charge in [0.1, 0.15) is 28.8 Å². The number of halogens is 4. The van der Waals surface area contributed by atoms with Crippen molar-refractivity contribution in [2.75, 3.05) is 13.1 Å². The van der Waals surface area contributed by atoms with E-state index in [9.17, 15) is 18.0 Å². The van der Waals surface area contributed by atoms with E-state index in [0.717, 1.165) is 25.0 Å². The standard InChI is InChI=1S/C22H21ClF3N5O/c1-13(32)27-15-6-8-30(9-7-15)12-21-22(17-4-2-14(24)10-20(17)26)29-31(28-21)16-3-5-19(25)18(23)11-16/h2-5,10-11,15H,6-9,12H2,1H3,(H,27,32). The number of hydrogen-bond acceptors (Lipinski definition) is 4. The van der Waals surface area contributed by atoms with E-state index < -0.39 is 17.5 Å². The Labute approximate surface area is 188 Å². The predicted octanol–water partition coefficient (Wildman–Crippen LogP) is 4.11. The average molecular weight is 464 g/mol. The zero-order chi connectivity index (χ0) is 22.8. The molecule has 1 saturated heterocycles. The van der Waals surface area contributed by atoms with Gasteiger partial charge in [0.05, 0.1) is 10.7 Å². The molecule has 0 radical (unpaired) electrons. The molecule has 0 bridgehead atoms. The highest BCUT2D eigenvalue weighted by Gasteiger charge is 2.24. The number of nitrogens with one attached hydrogen (secondary N) is 1. The van der Waals surface area contributed by atoms with Crippen LogP contribution in [0.1, 0.15) is 25.5 Å². The predicted molar refractivity (Wildman–Crippen MR) is 114 cm³/mol. The minimum absolute atomic E-state index is 0.0570. The summed E-state index contributed by atoms with van der Waals surface area (Å²) in [7, 11) is 0. The lowest BCUT2D eigenvalue weighted by Gasteiger charge is -2.31. The van der Waals surface area contributed by atoms with Crippen LogP contribution in [0.3, 0.4) is 0 Å². The minimum Gasteiger partial charge on any atom is -0.354 e. The zero-order valence-corrected chi connectivity index (χ0v) is 18.0. The van der Waals surface area contributed by atoms with Crippen LogP contribution in [-0.2, 0) is 11.3 Å². The number of carbonyl (C=O) groups excluding carboxylic acids is 1. The fourth-order valence-corrected chi connectivity index (χ4v) is 3.97. The Kier molecular flexibility index (Phi) is 6.48. The molecule has 1 fully saturated rings. The van der Waals surface area contributed by atoms with Gasteiger partial charge in [-0.1, -0.05) is 11.6 Å². The number of hydrogen-bond donors (Lipinski definition) is 1. The lowest BCUT2D eigenvalue weighted by atomic mass is 10.0. The van der Waals surface area contributed by atoms with Gasteiger partial charge in [0.25, 0.3) is 0 Å². The van der Waals surface area contributed by atoms with Crippen LogP contribution in [0.2, 0.25) is 5.02 Å². The van der Waals surface area contributed by atoms with Crippen molar-refractivity contribution in [1.29, 1.82) is 0 Å². The molecule has 32 heavy (non-hydrogen) atoms. The first kappa shape index (κ1) is 22.3. The molecular weight excluding hydrogens is 443 g/mol. The Morgan fingerprint density at radius 1 is 1.09 bits per heavy atom. The molecular formula is C22H21ClF3N5O. The maximum absolute atomic E-state index is 14.6. The Balaban J connectivity index is 1.64. The zero-order valence-electron chi connectivity index (χ0n) is 17.3. The van der Waals surface area contributed by atoms with Crippen molar-refractivity contribution >= 4 is 17.5 Å². The van der Waals surface area contributed by atoms with Crippen LogP contribution in [0.5, 0.6) is 0 Å². The van der Waals surface area contributed by atoms with Crippen LogP contribution >= 0.6 is 11.6 Å². The number of rotatable bonds is 5. The lowest BCUT2D eigenvalue weighted by Crippen LogP contribution is -2.43. The first-order chi connectivity index (χ1) is 15.3. The molecule has 1 N–H and O–H groups in total. The van der Waals surface area contributed by atoms with E-state index in [-0.39, 0.29) is 28.2 Å². The highest BCUT2D eigenvalue weighted by atomic mass is 35.5. The van der Waals surface area contributed by atoms with Crippen LogP contribution in [0.4, 0.5) is 13.2 Å². The fraction of sp³-hybridized carbons (Fsp3) is 0.318. The Morgan fingerprint density at radius 2 is 1.84 bits per heavy atom. The molecule has 1 amide bonds. The van der Waals surface area contributed by atoms with Crippen LogP contribution < -0.4 is 5.32 Å². The van der Waals surface area contributed by atoms with Crippen molar-refractivity contribution in [3.05, 3.63) is 64.6 Å². The minimum atomic E-state index is -0.750. The van der Waals surface area contributed by atoms with Gasteiger partial charge < -0.3 is 5.32 Å². The summed E-state index contributed by atoms with van der Waals surface area (Å²) < 4.78 is 41.6. The quantitative estimate of drug-likeness (QED) is 0.618. The second-order valence-corrected chi connectivity index (χ2v) is 8.17. The third kappa shape index (κ3) is 4.94. The number of likely N-dealkylation sites (tertiary alicyclic amines) is 1. The van der Waals surface area contributed by atoms with Gasteiger partial charge in [-0.05, 0) is 43.2 Å². The third-order valence-electron chi connectivity index (χ3n) is 5.37. The molecule has 0 saturated carbocycles. The molecule has 10 heteroatoms. The van der Waals surface area contributed by atoms with Crippen molar-refractivity contribution in [2.24, 2.45) is 0 Å². The number of piperidine rings is 1. The first-order valence-corrected chi connectivity index (χ1v) is 10.5. The van der Waals surface area contributed by atoms with E-state index in [1.54, 1.807) is 0 Å². The van der Waals surface area contributed by atoms with E-state index in [4.69, 9.17) is 11.6 Å². The van der Waals surface area contributed by atoms with E-state index in [2.05, 4.69) is 20.4 Å². The second-order valence-electron chi connectivity index (χ2n) is 7.76. The van der Waals surface area contributed by atoms with Crippen LogP contribution in [0.15, 0.2) is 36.4 Å². The number of benzene rings is 2. The van der Waals surface area contributed by atoms with Gasteiger partial charge in [-0.25, -0.2) is 13.2 Å². The summed E-state index contributed by atoms with van der Waals surface area (Å²) in [4.78, 5) is 14.7. The number of amides is 1. The highest BCUT2D eigenvalue weighted by Crippen LogP contribution is 2.27. The molecule has 0 atom stereocenters. The summed E-state index contributed by atoms with van der Waals surface area (Å²) in [5, 5.41) is 11.8. The Morgan fingerprint density at radius 3 is 2.50 bits per heavy atom. The molecule has 0 spiro atoms. The Bertz CT molecular complexity index is 1140. The Hall–Kier alpha value is -2.91. The lowest BCUT2D eigenvalue weighted by molar-refractivity contribution is -0.119. The van der Waals surface area contributed by atoms with Crippen LogP contribution in [0, 0.1) is 17.5 Å².